The SMILES string of the molecule is CCCNc1nc(Nc2ccc(C#N)cc2)ncc1/C=C\CNC(=O)CCN. The molecule has 2 rings (SSSR count). The van der Waals surface area contributed by atoms with Crippen LogP contribution in [0.3, 0.4) is 0 Å². The number of nitriles is 1. The lowest BCUT2D eigenvalue weighted by atomic mass is 10.2. The van der Waals surface area contributed by atoms with Crippen LogP contribution >= 0.6 is 0 Å². The predicted molar refractivity (Wildman–Crippen MR) is 111 cm³/mol. The Hall–Kier alpha value is -3.44. The summed E-state index contributed by atoms with van der Waals surface area (Å²) in [6, 6.07) is 9.16. The standard InChI is InChI=1S/C20H25N7O/c1-2-11-24-19-16(4-3-12-23-18(28)9-10-21)14-25-20(27-19)26-17-7-5-15(13-22)6-8-17/h3-8,14H,2,9-12,21H2,1H3,(H,23,28)(H2,24,25,26,27)/b4-3-. The molecule has 0 saturated carbocycles. The summed E-state index contributed by atoms with van der Waals surface area (Å²) in [6.45, 7) is 3.60. The molecule has 0 aliphatic heterocycles. The van der Waals surface area contributed by atoms with Gasteiger partial charge in [-0.05, 0) is 30.7 Å². The van der Waals surface area contributed by atoms with Crippen molar-refractivity contribution in [3.8, 4) is 6.07 Å². The van der Waals surface area contributed by atoms with E-state index in [1.165, 1.54) is 0 Å². The molecule has 1 heterocycles. The van der Waals surface area contributed by atoms with Crippen molar-refractivity contribution < 1.29 is 4.79 Å². The van der Waals surface area contributed by atoms with Crippen molar-refractivity contribution in [1.29, 1.82) is 5.26 Å². The average molecular weight is 379 g/mol. The molecule has 1 aromatic carbocycles. The zero-order chi connectivity index (χ0) is 20.2. The third-order valence-corrected chi connectivity index (χ3v) is 3.72. The van der Waals surface area contributed by atoms with Crippen molar-refractivity contribution in [2.45, 2.75) is 19.8 Å². The topological polar surface area (TPSA) is 129 Å². The van der Waals surface area contributed by atoms with Gasteiger partial charge in [0.1, 0.15) is 5.82 Å². The number of hydrogen-bond acceptors (Lipinski definition) is 7. The summed E-state index contributed by atoms with van der Waals surface area (Å²) in [7, 11) is 0. The molecule has 146 valence electrons. The highest BCUT2D eigenvalue weighted by Crippen LogP contribution is 2.19. The van der Waals surface area contributed by atoms with E-state index in [1.807, 2.05) is 12.2 Å². The Morgan fingerprint density at radius 2 is 2.11 bits per heavy atom. The summed E-state index contributed by atoms with van der Waals surface area (Å²) in [5.74, 6) is 1.09. The summed E-state index contributed by atoms with van der Waals surface area (Å²) < 4.78 is 0. The first-order valence-electron chi connectivity index (χ1n) is 9.17. The molecule has 0 bridgehead atoms. The summed E-state index contributed by atoms with van der Waals surface area (Å²) in [5.41, 5.74) is 7.57. The molecule has 0 saturated heterocycles. The largest absolute Gasteiger partial charge is 0.369 e. The van der Waals surface area contributed by atoms with Crippen LogP contribution in [-0.4, -0.2) is 35.5 Å². The van der Waals surface area contributed by atoms with Crippen molar-refractivity contribution in [3.63, 3.8) is 0 Å². The molecule has 0 fully saturated rings. The molecule has 8 heteroatoms. The van der Waals surface area contributed by atoms with Crippen molar-refractivity contribution in [2.75, 3.05) is 30.3 Å². The molecular weight excluding hydrogens is 354 g/mol. The fourth-order valence-corrected chi connectivity index (χ4v) is 2.29. The van der Waals surface area contributed by atoms with Crippen LogP contribution in [0.1, 0.15) is 30.9 Å². The number of hydrogen-bond donors (Lipinski definition) is 4. The Kier molecular flexibility index (Phi) is 8.43. The molecule has 28 heavy (non-hydrogen) atoms. The Morgan fingerprint density at radius 1 is 1.32 bits per heavy atom. The van der Waals surface area contributed by atoms with E-state index in [0.29, 0.717) is 36.8 Å². The number of benzene rings is 1. The maximum Gasteiger partial charge on any atom is 0.229 e. The Morgan fingerprint density at radius 3 is 2.79 bits per heavy atom. The molecule has 2 aromatic rings. The number of rotatable bonds is 10. The molecular formula is C20H25N7O. The van der Waals surface area contributed by atoms with E-state index in [-0.39, 0.29) is 5.91 Å². The number of anilines is 3. The Labute approximate surface area is 164 Å². The third kappa shape index (κ3) is 6.70. The van der Waals surface area contributed by atoms with Gasteiger partial charge < -0.3 is 21.7 Å². The normalized spacial score (nSPS) is 10.5. The van der Waals surface area contributed by atoms with Crippen LogP contribution < -0.4 is 21.7 Å². The molecule has 1 aromatic heterocycles. The van der Waals surface area contributed by atoms with Gasteiger partial charge in [-0.15, -0.1) is 0 Å². The highest BCUT2D eigenvalue weighted by Gasteiger charge is 2.06. The molecule has 0 unspecified atom stereocenters. The molecule has 0 spiro atoms. The summed E-state index contributed by atoms with van der Waals surface area (Å²) in [6.07, 6.45) is 6.70. The van der Waals surface area contributed by atoms with Crippen LogP contribution in [0.15, 0.2) is 36.5 Å². The molecule has 8 nitrogen and oxygen atoms in total. The van der Waals surface area contributed by atoms with E-state index < -0.39 is 0 Å². The minimum atomic E-state index is -0.0744. The summed E-state index contributed by atoms with van der Waals surface area (Å²) >= 11 is 0. The van der Waals surface area contributed by atoms with Gasteiger partial charge in [0.2, 0.25) is 11.9 Å². The van der Waals surface area contributed by atoms with Gasteiger partial charge in [0.05, 0.1) is 11.6 Å². The Balaban J connectivity index is 2.08. The number of amides is 1. The van der Waals surface area contributed by atoms with Gasteiger partial charge >= 0.3 is 0 Å². The average Bonchev–Trinajstić information content (AvgIpc) is 2.71. The Bertz CT molecular complexity index is 841. The van der Waals surface area contributed by atoms with E-state index in [4.69, 9.17) is 11.0 Å². The second kappa shape index (κ2) is 11.3. The third-order valence-electron chi connectivity index (χ3n) is 3.72. The lowest BCUT2D eigenvalue weighted by molar-refractivity contribution is -0.120. The first kappa shape index (κ1) is 20.9. The quantitative estimate of drug-likeness (QED) is 0.499. The van der Waals surface area contributed by atoms with Crippen LogP contribution in [0.5, 0.6) is 0 Å². The van der Waals surface area contributed by atoms with E-state index in [2.05, 4.69) is 38.9 Å². The maximum atomic E-state index is 11.4. The minimum Gasteiger partial charge on any atom is -0.369 e. The monoisotopic (exact) mass is 379 g/mol. The first-order chi connectivity index (χ1) is 13.7. The second-order valence-corrected chi connectivity index (χ2v) is 5.98. The molecule has 0 atom stereocenters. The van der Waals surface area contributed by atoms with Crippen LogP contribution in [0.25, 0.3) is 6.08 Å². The number of nitrogens with zero attached hydrogens (tertiary/aromatic N) is 3. The van der Waals surface area contributed by atoms with Crippen LogP contribution in [0.4, 0.5) is 17.5 Å². The van der Waals surface area contributed by atoms with Crippen LogP contribution in [-0.2, 0) is 4.79 Å². The first-order valence-corrected chi connectivity index (χ1v) is 9.17. The number of nitrogens with one attached hydrogen (secondary N) is 3. The predicted octanol–water partition coefficient (Wildman–Crippen LogP) is 2.39. The second-order valence-electron chi connectivity index (χ2n) is 5.98. The zero-order valence-electron chi connectivity index (χ0n) is 15.9. The van der Waals surface area contributed by atoms with Gasteiger partial charge in [-0.3, -0.25) is 4.79 Å². The number of aromatic nitrogens is 2. The van der Waals surface area contributed by atoms with Gasteiger partial charge in [0.25, 0.3) is 0 Å². The number of nitrogens with two attached hydrogens (primary N) is 1. The fraction of sp³-hybridized carbons (Fsp3) is 0.300. The van der Waals surface area contributed by atoms with Gasteiger partial charge in [-0.1, -0.05) is 19.1 Å². The summed E-state index contributed by atoms with van der Waals surface area (Å²) in [5, 5.41) is 18.1. The van der Waals surface area contributed by atoms with E-state index in [1.54, 1.807) is 30.5 Å². The molecule has 0 aliphatic carbocycles. The van der Waals surface area contributed by atoms with Crippen molar-refractivity contribution in [2.24, 2.45) is 5.73 Å². The van der Waals surface area contributed by atoms with Crippen molar-refractivity contribution >= 4 is 29.4 Å². The smallest absolute Gasteiger partial charge is 0.229 e. The molecule has 5 N–H and O–H groups in total. The van der Waals surface area contributed by atoms with Crippen molar-refractivity contribution in [3.05, 3.63) is 47.7 Å². The summed E-state index contributed by atoms with van der Waals surface area (Å²) in [4.78, 5) is 20.3. The number of carbonyl (C=O) groups excluding carboxylic acids is 1. The van der Waals surface area contributed by atoms with Crippen LogP contribution in [0.2, 0.25) is 0 Å². The van der Waals surface area contributed by atoms with E-state index >= 15 is 0 Å². The maximum absolute atomic E-state index is 11.4. The molecule has 0 radical (unpaired) electrons. The molecule has 0 aliphatic rings. The van der Waals surface area contributed by atoms with Crippen molar-refractivity contribution in [1.82, 2.24) is 15.3 Å². The molecule has 1 amide bonds. The lowest BCUT2D eigenvalue weighted by Gasteiger charge is -2.11. The van der Waals surface area contributed by atoms with Crippen LogP contribution in [0, 0.1) is 11.3 Å². The number of carbonyl (C=O) groups is 1. The van der Waals surface area contributed by atoms with Gasteiger partial charge in [-0.25, -0.2) is 4.98 Å². The highest BCUT2D eigenvalue weighted by atomic mass is 16.1. The van der Waals surface area contributed by atoms with E-state index in [9.17, 15) is 4.79 Å². The highest BCUT2D eigenvalue weighted by molar-refractivity contribution is 5.76. The van der Waals surface area contributed by atoms with Gasteiger partial charge in [0.15, 0.2) is 0 Å². The zero-order valence-corrected chi connectivity index (χ0v) is 15.9. The van der Waals surface area contributed by atoms with Gasteiger partial charge in [0, 0.05) is 43.5 Å². The van der Waals surface area contributed by atoms with Gasteiger partial charge in [-0.2, -0.15) is 10.2 Å². The lowest BCUT2D eigenvalue weighted by Crippen LogP contribution is -2.25. The minimum absolute atomic E-state index is 0.0744. The fourth-order valence-electron chi connectivity index (χ4n) is 2.29. The van der Waals surface area contributed by atoms with E-state index in [0.717, 1.165) is 24.2 Å².